The first-order valence-electron chi connectivity index (χ1n) is 5.38. The van der Waals surface area contributed by atoms with Crippen LogP contribution in [-0.4, -0.2) is 5.78 Å². The molecule has 2 aromatic rings. The summed E-state index contributed by atoms with van der Waals surface area (Å²) in [6, 6.07) is 11.2. The van der Waals surface area contributed by atoms with E-state index in [1.165, 1.54) is 12.1 Å². The van der Waals surface area contributed by atoms with Gasteiger partial charge < -0.3 is 5.73 Å². The van der Waals surface area contributed by atoms with Gasteiger partial charge in [-0.3, -0.25) is 4.79 Å². The van der Waals surface area contributed by atoms with Crippen molar-refractivity contribution in [3.05, 3.63) is 63.9 Å². The summed E-state index contributed by atoms with van der Waals surface area (Å²) in [5, 5.41) is 0. The lowest BCUT2D eigenvalue weighted by molar-refractivity contribution is 0.0993. The molecule has 0 amide bonds. The van der Waals surface area contributed by atoms with E-state index in [0.29, 0.717) is 21.3 Å². The molecule has 18 heavy (non-hydrogen) atoms. The molecule has 0 aliphatic heterocycles. The van der Waals surface area contributed by atoms with E-state index >= 15 is 0 Å². The quantitative estimate of drug-likeness (QED) is 0.695. The third-order valence-electron chi connectivity index (χ3n) is 2.50. The predicted molar refractivity (Wildman–Crippen MR) is 73.0 cm³/mol. The van der Waals surface area contributed by atoms with Crippen LogP contribution < -0.4 is 5.73 Å². The van der Waals surface area contributed by atoms with Crippen molar-refractivity contribution in [3.8, 4) is 0 Å². The molecule has 2 nitrogen and oxygen atoms in total. The number of nitrogens with two attached hydrogens (primary N) is 1. The normalized spacial score (nSPS) is 10.3. The Balaban J connectivity index is 2.21. The van der Waals surface area contributed by atoms with E-state index in [1.54, 1.807) is 30.3 Å². The fourth-order valence-electron chi connectivity index (χ4n) is 1.71. The molecule has 0 heterocycles. The highest BCUT2D eigenvalue weighted by Gasteiger charge is 2.08. The predicted octanol–water partition coefficient (Wildman–Crippen LogP) is 3.60. The summed E-state index contributed by atoms with van der Waals surface area (Å²) in [5.74, 6) is -0.445. The molecule has 0 aliphatic carbocycles. The van der Waals surface area contributed by atoms with E-state index in [2.05, 4.69) is 15.9 Å². The second kappa shape index (κ2) is 5.31. The molecule has 0 saturated heterocycles. The van der Waals surface area contributed by atoms with Crippen LogP contribution in [0.25, 0.3) is 0 Å². The van der Waals surface area contributed by atoms with Gasteiger partial charge >= 0.3 is 0 Å². The minimum Gasteiger partial charge on any atom is -0.399 e. The molecular formula is C14H11BrFNO. The van der Waals surface area contributed by atoms with Crippen molar-refractivity contribution in [1.29, 1.82) is 0 Å². The molecular weight excluding hydrogens is 297 g/mol. The first kappa shape index (κ1) is 12.8. The Hall–Kier alpha value is -1.68. The number of halogens is 2. The van der Waals surface area contributed by atoms with Gasteiger partial charge in [0.25, 0.3) is 0 Å². The standard InChI is InChI=1S/C14H11BrFNO/c15-11-4-9(5-12(16)8-11)6-14(18)10-2-1-3-13(17)7-10/h1-5,7-8H,6,17H2. The van der Waals surface area contributed by atoms with Crippen LogP contribution in [0.15, 0.2) is 46.9 Å². The van der Waals surface area contributed by atoms with E-state index in [-0.39, 0.29) is 18.0 Å². The molecule has 0 aliphatic rings. The Kier molecular flexibility index (Phi) is 3.77. The monoisotopic (exact) mass is 307 g/mol. The lowest BCUT2D eigenvalue weighted by Gasteiger charge is -2.04. The number of ketones is 1. The zero-order valence-corrected chi connectivity index (χ0v) is 11.1. The van der Waals surface area contributed by atoms with Crippen molar-refractivity contribution < 1.29 is 9.18 Å². The Morgan fingerprint density at radius 2 is 2.00 bits per heavy atom. The SMILES string of the molecule is Nc1cccc(C(=O)Cc2cc(F)cc(Br)c2)c1. The molecule has 0 radical (unpaired) electrons. The summed E-state index contributed by atoms with van der Waals surface area (Å²) in [6.45, 7) is 0. The van der Waals surface area contributed by atoms with Gasteiger partial charge in [0, 0.05) is 22.1 Å². The average Bonchev–Trinajstić information content (AvgIpc) is 2.27. The van der Waals surface area contributed by atoms with Gasteiger partial charge in [0.05, 0.1) is 0 Å². The van der Waals surface area contributed by atoms with Crippen LogP contribution in [0.1, 0.15) is 15.9 Å². The number of carbonyl (C=O) groups is 1. The van der Waals surface area contributed by atoms with Gasteiger partial charge in [-0.1, -0.05) is 28.1 Å². The summed E-state index contributed by atoms with van der Waals surface area (Å²) >= 11 is 3.20. The molecule has 0 fully saturated rings. The maximum atomic E-state index is 13.2. The molecule has 2 aromatic carbocycles. The Bertz CT molecular complexity index is 578. The van der Waals surface area contributed by atoms with Gasteiger partial charge in [-0.05, 0) is 35.9 Å². The average molecular weight is 308 g/mol. The van der Waals surface area contributed by atoms with E-state index in [1.807, 2.05) is 0 Å². The van der Waals surface area contributed by atoms with Gasteiger partial charge in [0.1, 0.15) is 5.82 Å². The lowest BCUT2D eigenvalue weighted by atomic mass is 10.0. The lowest BCUT2D eigenvalue weighted by Crippen LogP contribution is -2.04. The number of carbonyl (C=O) groups excluding carboxylic acids is 1. The number of rotatable bonds is 3. The van der Waals surface area contributed by atoms with Crippen LogP contribution >= 0.6 is 15.9 Å². The number of Topliss-reactive ketones (excluding diaryl/α,β-unsaturated/α-hetero) is 1. The largest absolute Gasteiger partial charge is 0.399 e. The smallest absolute Gasteiger partial charge is 0.167 e. The summed E-state index contributed by atoms with van der Waals surface area (Å²) in [7, 11) is 0. The third kappa shape index (κ3) is 3.17. The Labute approximate surface area is 113 Å². The fraction of sp³-hybridized carbons (Fsp3) is 0.0714. The van der Waals surface area contributed by atoms with Crippen LogP contribution in [0.4, 0.5) is 10.1 Å². The van der Waals surface area contributed by atoms with Gasteiger partial charge in [0.2, 0.25) is 0 Å². The van der Waals surface area contributed by atoms with Crippen molar-refractivity contribution in [3.63, 3.8) is 0 Å². The topological polar surface area (TPSA) is 43.1 Å². The van der Waals surface area contributed by atoms with Crippen molar-refractivity contribution in [2.75, 3.05) is 5.73 Å². The number of benzene rings is 2. The molecule has 4 heteroatoms. The van der Waals surface area contributed by atoms with E-state index in [0.717, 1.165) is 0 Å². The Morgan fingerprint density at radius 3 is 2.67 bits per heavy atom. The minimum atomic E-state index is -0.361. The number of hydrogen-bond acceptors (Lipinski definition) is 2. The summed E-state index contributed by atoms with van der Waals surface area (Å²) in [4.78, 5) is 12.0. The summed E-state index contributed by atoms with van der Waals surface area (Å²) in [6.07, 6.45) is 0.153. The first-order chi connectivity index (χ1) is 8.54. The highest BCUT2D eigenvalue weighted by Crippen LogP contribution is 2.17. The van der Waals surface area contributed by atoms with Gasteiger partial charge in [-0.15, -0.1) is 0 Å². The second-order valence-corrected chi connectivity index (χ2v) is 4.92. The molecule has 0 spiro atoms. The first-order valence-corrected chi connectivity index (χ1v) is 6.17. The van der Waals surface area contributed by atoms with Crippen LogP contribution in [-0.2, 0) is 6.42 Å². The number of hydrogen-bond donors (Lipinski definition) is 1. The maximum absolute atomic E-state index is 13.2. The Morgan fingerprint density at radius 1 is 1.22 bits per heavy atom. The fourth-order valence-corrected chi connectivity index (χ4v) is 2.23. The molecule has 92 valence electrons. The van der Waals surface area contributed by atoms with Crippen molar-refractivity contribution in [2.24, 2.45) is 0 Å². The van der Waals surface area contributed by atoms with Crippen molar-refractivity contribution in [1.82, 2.24) is 0 Å². The van der Waals surface area contributed by atoms with Crippen LogP contribution in [0.5, 0.6) is 0 Å². The molecule has 2 rings (SSSR count). The number of anilines is 1. The van der Waals surface area contributed by atoms with E-state index < -0.39 is 0 Å². The molecule has 0 saturated carbocycles. The van der Waals surface area contributed by atoms with Crippen molar-refractivity contribution >= 4 is 27.4 Å². The van der Waals surface area contributed by atoms with E-state index in [9.17, 15) is 9.18 Å². The van der Waals surface area contributed by atoms with Gasteiger partial charge in [-0.2, -0.15) is 0 Å². The van der Waals surface area contributed by atoms with Crippen LogP contribution in [0.2, 0.25) is 0 Å². The van der Waals surface area contributed by atoms with Crippen LogP contribution in [0.3, 0.4) is 0 Å². The van der Waals surface area contributed by atoms with Gasteiger partial charge in [-0.25, -0.2) is 4.39 Å². The highest BCUT2D eigenvalue weighted by molar-refractivity contribution is 9.10. The van der Waals surface area contributed by atoms with Gasteiger partial charge in [0.15, 0.2) is 5.78 Å². The minimum absolute atomic E-state index is 0.0835. The zero-order chi connectivity index (χ0) is 13.1. The summed E-state index contributed by atoms with van der Waals surface area (Å²) < 4.78 is 13.8. The number of nitrogen functional groups attached to an aromatic ring is 1. The third-order valence-corrected chi connectivity index (χ3v) is 2.95. The molecule has 0 atom stereocenters. The van der Waals surface area contributed by atoms with Crippen molar-refractivity contribution in [2.45, 2.75) is 6.42 Å². The molecule has 0 unspecified atom stereocenters. The molecule has 0 bridgehead atoms. The summed E-state index contributed by atoms with van der Waals surface area (Å²) in [5.41, 5.74) is 7.33. The molecule has 2 N–H and O–H groups in total. The maximum Gasteiger partial charge on any atom is 0.167 e. The highest BCUT2D eigenvalue weighted by atomic mass is 79.9. The molecule has 0 aromatic heterocycles. The van der Waals surface area contributed by atoms with E-state index in [4.69, 9.17) is 5.73 Å². The van der Waals surface area contributed by atoms with Crippen LogP contribution in [0, 0.1) is 5.82 Å². The second-order valence-electron chi connectivity index (χ2n) is 4.00. The zero-order valence-electron chi connectivity index (χ0n) is 9.49.